The quantitative estimate of drug-likeness (QED) is 0.550. The molecular formula is C18H28FN7. The van der Waals surface area contributed by atoms with Gasteiger partial charge in [0.2, 0.25) is 0 Å². The Balaban J connectivity index is 1.87. The molecule has 0 radical (unpaired) electrons. The van der Waals surface area contributed by atoms with Crippen molar-refractivity contribution in [1.82, 2.24) is 30.3 Å². The maximum Gasteiger partial charge on any atom is 0.191 e. The number of aromatic nitrogens is 3. The minimum atomic E-state index is -0.225. The van der Waals surface area contributed by atoms with Gasteiger partial charge in [0.15, 0.2) is 5.96 Å². The normalized spacial score (nSPS) is 13.1. The van der Waals surface area contributed by atoms with Gasteiger partial charge in [0.1, 0.15) is 18.0 Å². The van der Waals surface area contributed by atoms with Crippen molar-refractivity contribution in [2.75, 3.05) is 34.2 Å². The number of aliphatic imine (C=N–C) groups is 1. The SMILES string of the molecule is CCc1nncn1CCNC(=NC)NCC(c1ccc(F)cc1)N(C)C. The van der Waals surface area contributed by atoms with E-state index in [2.05, 4.69) is 37.6 Å². The maximum absolute atomic E-state index is 13.2. The lowest BCUT2D eigenvalue weighted by Crippen LogP contribution is -2.42. The zero-order chi connectivity index (χ0) is 18.9. The summed E-state index contributed by atoms with van der Waals surface area (Å²) >= 11 is 0. The van der Waals surface area contributed by atoms with E-state index in [9.17, 15) is 4.39 Å². The fraction of sp³-hybridized carbons (Fsp3) is 0.500. The van der Waals surface area contributed by atoms with Gasteiger partial charge in [-0.1, -0.05) is 19.1 Å². The molecule has 0 saturated heterocycles. The highest BCUT2D eigenvalue weighted by atomic mass is 19.1. The molecule has 0 aliphatic rings. The molecule has 26 heavy (non-hydrogen) atoms. The third kappa shape index (κ3) is 5.52. The van der Waals surface area contributed by atoms with Crippen LogP contribution in [0.5, 0.6) is 0 Å². The molecule has 1 aromatic carbocycles. The molecule has 1 unspecified atom stereocenters. The first-order chi connectivity index (χ1) is 12.5. The molecule has 1 atom stereocenters. The first kappa shape index (κ1) is 19.8. The Morgan fingerprint density at radius 2 is 2.00 bits per heavy atom. The van der Waals surface area contributed by atoms with Crippen LogP contribution in [-0.2, 0) is 13.0 Å². The molecular weight excluding hydrogens is 333 g/mol. The van der Waals surface area contributed by atoms with Crippen molar-refractivity contribution in [2.24, 2.45) is 4.99 Å². The molecule has 0 aliphatic carbocycles. The van der Waals surface area contributed by atoms with Crippen LogP contribution in [0.25, 0.3) is 0 Å². The van der Waals surface area contributed by atoms with E-state index in [1.807, 2.05) is 30.8 Å². The van der Waals surface area contributed by atoms with Crippen molar-refractivity contribution in [3.8, 4) is 0 Å². The van der Waals surface area contributed by atoms with Gasteiger partial charge in [0.25, 0.3) is 0 Å². The van der Waals surface area contributed by atoms with Gasteiger partial charge >= 0.3 is 0 Å². The molecule has 0 amide bonds. The zero-order valence-corrected chi connectivity index (χ0v) is 15.9. The zero-order valence-electron chi connectivity index (χ0n) is 15.9. The van der Waals surface area contributed by atoms with Gasteiger partial charge in [-0.2, -0.15) is 0 Å². The summed E-state index contributed by atoms with van der Waals surface area (Å²) < 4.78 is 15.2. The summed E-state index contributed by atoms with van der Waals surface area (Å²) in [6.45, 7) is 4.20. The number of rotatable bonds is 8. The highest BCUT2D eigenvalue weighted by Gasteiger charge is 2.14. The van der Waals surface area contributed by atoms with E-state index < -0.39 is 0 Å². The molecule has 7 nitrogen and oxygen atoms in total. The third-order valence-corrected chi connectivity index (χ3v) is 4.22. The Morgan fingerprint density at radius 3 is 2.62 bits per heavy atom. The van der Waals surface area contributed by atoms with Gasteiger partial charge in [-0.3, -0.25) is 4.99 Å². The van der Waals surface area contributed by atoms with Crippen LogP contribution in [0.4, 0.5) is 4.39 Å². The Hall–Kier alpha value is -2.48. The van der Waals surface area contributed by atoms with E-state index in [-0.39, 0.29) is 11.9 Å². The Morgan fingerprint density at radius 1 is 1.27 bits per heavy atom. The van der Waals surface area contributed by atoms with Crippen molar-refractivity contribution >= 4 is 5.96 Å². The first-order valence-corrected chi connectivity index (χ1v) is 8.78. The average molecular weight is 361 g/mol. The summed E-state index contributed by atoms with van der Waals surface area (Å²) in [6.07, 6.45) is 2.60. The van der Waals surface area contributed by atoms with Crippen molar-refractivity contribution < 1.29 is 4.39 Å². The summed E-state index contributed by atoms with van der Waals surface area (Å²) in [5, 5.41) is 14.6. The highest BCUT2D eigenvalue weighted by molar-refractivity contribution is 5.79. The maximum atomic E-state index is 13.2. The van der Waals surface area contributed by atoms with Crippen LogP contribution < -0.4 is 10.6 Å². The van der Waals surface area contributed by atoms with Crippen molar-refractivity contribution in [1.29, 1.82) is 0 Å². The molecule has 0 fully saturated rings. The molecule has 2 N–H and O–H groups in total. The monoisotopic (exact) mass is 361 g/mol. The standard InChI is InChI=1S/C18H28FN7/c1-5-17-24-23-13-26(17)11-10-21-18(20-2)22-12-16(25(3)4)14-6-8-15(19)9-7-14/h6-9,13,16H,5,10-12H2,1-4H3,(H2,20,21,22). The number of hydrogen-bond acceptors (Lipinski definition) is 4. The molecule has 0 saturated carbocycles. The average Bonchev–Trinajstić information content (AvgIpc) is 3.09. The van der Waals surface area contributed by atoms with Gasteiger partial charge in [0.05, 0.1) is 6.04 Å². The number of benzene rings is 1. The molecule has 2 aromatic rings. The van der Waals surface area contributed by atoms with Gasteiger partial charge in [0, 0.05) is 33.1 Å². The molecule has 0 aliphatic heterocycles. The van der Waals surface area contributed by atoms with Gasteiger partial charge in [-0.25, -0.2) is 4.39 Å². The number of nitrogens with one attached hydrogen (secondary N) is 2. The Kier molecular flexibility index (Phi) is 7.53. The van der Waals surface area contributed by atoms with Crippen LogP contribution in [0, 0.1) is 5.82 Å². The van der Waals surface area contributed by atoms with Crippen LogP contribution in [0.2, 0.25) is 0 Å². The predicted molar refractivity (Wildman–Crippen MR) is 102 cm³/mol. The molecule has 2 rings (SSSR count). The summed E-state index contributed by atoms with van der Waals surface area (Å²) in [5.41, 5.74) is 1.05. The molecule has 8 heteroatoms. The summed E-state index contributed by atoms with van der Waals surface area (Å²) in [6, 6.07) is 6.72. The number of nitrogens with zero attached hydrogens (tertiary/aromatic N) is 5. The largest absolute Gasteiger partial charge is 0.355 e. The van der Waals surface area contributed by atoms with Crippen LogP contribution in [-0.4, -0.2) is 59.9 Å². The van der Waals surface area contributed by atoms with Crippen molar-refractivity contribution in [2.45, 2.75) is 25.9 Å². The van der Waals surface area contributed by atoms with E-state index in [0.717, 1.165) is 30.3 Å². The predicted octanol–water partition coefficient (Wildman–Crippen LogP) is 1.45. The van der Waals surface area contributed by atoms with E-state index in [0.29, 0.717) is 13.1 Å². The van der Waals surface area contributed by atoms with E-state index in [1.54, 1.807) is 13.4 Å². The first-order valence-electron chi connectivity index (χ1n) is 8.78. The lowest BCUT2D eigenvalue weighted by Gasteiger charge is -2.26. The topological polar surface area (TPSA) is 70.4 Å². The third-order valence-electron chi connectivity index (χ3n) is 4.22. The van der Waals surface area contributed by atoms with Crippen LogP contribution in [0.15, 0.2) is 35.6 Å². The molecule has 1 heterocycles. The summed E-state index contributed by atoms with van der Waals surface area (Å²) in [5.74, 6) is 1.47. The van der Waals surface area contributed by atoms with Crippen LogP contribution >= 0.6 is 0 Å². The van der Waals surface area contributed by atoms with Gasteiger partial charge in [-0.05, 0) is 31.8 Å². The van der Waals surface area contributed by atoms with Crippen LogP contribution in [0.1, 0.15) is 24.4 Å². The van der Waals surface area contributed by atoms with Crippen molar-refractivity contribution in [3.05, 3.63) is 47.8 Å². The Labute approximate surface area is 154 Å². The number of aryl methyl sites for hydroxylation is 1. The Bertz CT molecular complexity index is 694. The van der Waals surface area contributed by atoms with E-state index in [4.69, 9.17) is 0 Å². The number of guanidine groups is 1. The van der Waals surface area contributed by atoms with Gasteiger partial charge < -0.3 is 20.1 Å². The van der Waals surface area contributed by atoms with Crippen molar-refractivity contribution in [3.63, 3.8) is 0 Å². The number of likely N-dealkylation sites (N-methyl/N-ethyl adjacent to an activating group) is 1. The highest BCUT2D eigenvalue weighted by Crippen LogP contribution is 2.17. The van der Waals surface area contributed by atoms with Gasteiger partial charge in [-0.15, -0.1) is 10.2 Å². The lowest BCUT2D eigenvalue weighted by molar-refractivity contribution is 0.298. The minimum Gasteiger partial charge on any atom is -0.355 e. The second-order valence-electron chi connectivity index (χ2n) is 6.20. The molecule has 1 aromatic heterocycles. The van der Waals surface area contributed by atoms with E-state index >= 15 is 0 Å². The summed E-state index contributed by atoms with van der Waals surface area (Å²) in [4.78, 5) is 6.36. The fourth-order valence-electron chi connectivity index (χ4n) is 2.73. The number of halogens is 1. The smallest absolute Gasteiger partial charge is 0.191 e. The van der Waals surface area contributed by atoms with Crippen LogP contribution in [0.3, 0.4) is 0 Å². The number of hydrogen-bond donors (Lipinski definition) is 2. The molecule has 142 valence electrons. The minimum absolute atomic E-state index is 0.110. The molecule has 0 bridgehead atoms. The second-order valence-corrected chi connectivity index (χ2v) is 6.20. The molecule has 0 spiro atoms. The van der Waals surface area contributed by atoms with E-state index in [1.165, 1.54) is 12.1 Å². The lowest BCUT2D eigenvalue weighted by atomic mass is 10.1. The fourth-order valence-corrected chi connectivity index (χ4v) is 2.73. The second kappa shape index (κ2) is 9.86. The summed E-state index contributed by atoms with van der Waals surface area (Å²) in [7, 11) is 5.75.